The Labute approximate surface area is 170 Å². The molecule has 1 aromatic heterocycles. The molecule has 0 amide bonds. The molecule has 0 atom stereocenters. The molecule has 0 fully saturated rings. The van der Waals surface area contributed by atoms with Crippen molar-refractivity contribution in [3.05, 3.63) is 86.7 Å². The third-order valence-electron chi connectivity index (χ3n) is 3.96. The van der Waals surface area contributed by atoms with Crippen molar-refractivity contribution < 1.29 is 9.94 Å². The number of benzene rings is 2. The molecule has 0 bridgehead atoms. The Bertz CT molecular complexity index is 972. The zero-order chi connectivity index (χ0) is 19.4. The first kappa shape index (κ1) is 19.4. The molecule has 0 aliphatic heterocycles. The molecule has 0 unspecified atom stereocenters. The molecule has 1 heterocycles. The second-order valence-electron chi connectivity index (χ2n) is 5.96. The molecule has 27 heavy (non-hydrogen) atoms. The van der Waals surface area contributed by atoms with Crippen molar-refractivity contribution in [1.29, 1.82) is 0 Å². The van der Waals surface area contributed by atoms with Crippen LogP contribution in [-0.2, 0) is 6.54 Å². The summed E-state index contributed by atoms with van der Waals surface area (Å²) < 4.78 is 9.06. The van der Waals surface area contributed by atoms with Gasteiger partial charge in [0, 0.05) is 22.0 Å². The first-order chi connectivity index (χ1) is 13.0. The van der Waals surface area contributed by atoms with Gasteiger partial charge in [0.1, 0.15) is 11.5 Å². The van der Waals surface area contributed by atoms with Gasteiger partial charge in [0.25, 0.3) is 5.56 Å². The van der Waals surface area contributed by atoms with Crippen LogP contribution < -0.4 is 14.6 Å². The van der Waals surface area contributed by atoms with Crippen LogP contribution in [0, 0.1) is 6.92 Å². The highest BCUT2D eigenvalue weighted by Gasteiger charge is 2.12. The molecule has 140 valence electrons. The summed E-state index contributed by atoms with van der Waals surface area (Å²) in [6, 6.07) is 17.3. The molecular weight excluding hydrogens is 428 g/mol. The Morgan fingerprint density at radius 1 is 1.11 bits per heavy atom. The molecule has 0 aliphatic rings. The van der Waals surface area contributed by atoms with Crippen LogP contribution >= 0.6 is 27.9 Å². The van der Waals surface area contributed by atoms with Gasteiger partial charge in [-0.25, -0.2) is 0 Å². The summed E-state index contributed by atoms with van der Waals surface area (Å²) in [5.74, 6) is 1.52. The smallest absolute Gasteiger partial charge is 0.287 e. The van der Waals surface area contributed by atoms with E-state index in [4.69, 9.17) is 4.74 Å². The minimum atomic E-state index is -0.434. The lowest BCUT2D eigenvalue weighted by atomic mass is 10.2. The van der Waals surface area contributed by atoms with Gasteiger partial charge in [0.2, 0.25) is 0 Å². The fraction of sp³-hybridized carbons (Fsp3) is 0.150. The second kappa shape index (κ2) is 8.54. The Balaban J connectivity index is 1.76. The molecule has 2 aromatic carbocycles. The van der Waals surface area contributed by atoms with E-state index in [1.165, 1.54) is 23.7 Å². The lowest BCUT2D eigenvalue weighted by Crippen LogP contribution is -2.25. The molecule has 3 rings (SSSR count). The second-order valence-corrected chi connectivity index (χ2v) is 7.68. The quantitative estimate of drug-likeness (QED) is 0.414. The Morgan fingerprint density at radius 3 is 2.30 bits per heavy atom. The van der Waals surface area contributed by atoms with E-state index in [1.54, 1.807) is 6.07 Å². The van der Waals surface area contributed by atoms with Crippen LogP contribution in [0.15, 0.2) is 70.1 Å². The van der Waals surface area contributed by atoms with E-state index in [9.17, 15) is 10.0 Å². The van der Waals surface area contributed by atoms with Gasteiger partial charge in [-0.1, -0.05) is 29.6 Å². The zero-order valence-corrected chi connectivity index (χ0v) is 17.3. The van der Waals surface area contributed by atoms with E-state index in [0.717, 1.165) is 17.2 Å². The molecule has 0 radical (unpaired) electrons. The van der Waals surface area contributed by atoms with Gasteiger partial charge in [-0.3, -0.25) is 4.79 Å². The number of hydrogen-bond acceptors (Lipinski definition) is 5. The summed E-state index contributed by atoms with van der Waals surface area (Å²) in [5.41, 5.74) is 2.17. The lowest BCUT2D eigenvalue weighted by molar-refractivity contribution is 0.173. The zero-order valence-electron chi connectivity index (χ0n) is 14.9. The van der Waals surface area contributed by atoms with Crippen molar-refractivity contribution in [2.45, 2.75) is 13.5 Å². The average Bonchev–Trinajstić information content (AvgIpc) is 2.66. The normalized spacial score (nSPS) is 10.6. The van der Waals surface area contributed by atoms with Crippen molar-refractivity contribution in [1.82, 2.24) is 4.73 Å². The molecule has 7 heteroatoms. The van der Waals surface area contributed by atoms with Gasteiger partial charge in [0.15, 0.2) is 0 Å². The van der Waals surface area contributed by atoms with Crippen LogP contribution in [0.3, 0.4) is 0 Å². The summed E-state index contributed by atoms with van der Waals surface area (Å²) in [7, 11) is 0. The van der Waals surface area contributed by atoms with Crippen molar-refractivity contribution in [3.8, 4) is 11.5 Å². The van der Waals surface area contributed by atoms with E-state index >= 15 is 0 Å². The van der Waals surface area contributed by atoms with Crippen molar-refractivity contribution >= 4 is 33.6 Å². The Morgan fingerprint density at radius 2 is 1.70 bits per heavy atom. The summed E-state index contributed by atoms with van der Waals surface area (Å²) in [6.07, 6.45) is 3.26. The van der Waals surface area contributed by atoms with Crippen LogP contribution in [0.4, 0.5) is 5.69 Å². The van der Waals surface area contributed by atoms with Gasteiger partial charge < -0.3 is 14.2 Å². The maximum absolute atomic E-state index is 12.1. The van der Waals surface area contributed by atoms with Gasteiger partial charge >= 0.3 is 0 Å². The van der Waals surface area contributed by atoms with E-state index in [-0.39, 0.29) is 0 Å². The lowest BCUT2D eigenvalue weighted by Gasteiger charge is -2.22. The first-order valence-corrected chi connectivity index (χ1v) is 10.2. The number of ether oxygens (including phenoxy) is 1. The minimum Gasteiger partial charge on any atom is -0.457 e. The monoisotopic (exact) mass is 446 g/mol. The number of nitrogens with zero attached hydrogens (tertiary/aromatic N) is 2. The predicted octanol–water partition coefficient (Wildman–Crippen LogP) is 5.23. The van der Waals surface area contributed by atoms with Crippen LogP contribution in [0.25, 0.3) is 0 Å². The molecular formula is C20H19BrN2O3S. The standard InChI is InChI=1S/C20H19BrN2O3S/c1-14-3-7-18(8-4-14)26-19-9-5-17(6-10-19)23(27-2)12-15-11-16(21)13-22(25)20(15)24/h3-11,13,25H,12H2,1-2H3. The maximum Gasteiger partial charge on any atom is 0.287 e. The van der Waals surface area contributed by atoms with Crippen molar-refractivity contribution in [3.63, 3.8) is 0 Å². The average molecular weight is 447 g/mol. The Kier molecular flexibility index (Phi) is 6.13. The fourth-order valence-electron chi connectivity index (χ4n) is 2.54. The maximum atomic E-state index is 12.1. The van der Waals surface area contributed by atoms with Crippen LogP contribution in [0.1, 0.15) is 11.1 Å². The number of rotatable bonds is 6. The van der Waals surface area contributed by atoms with Crippen molar-refractivity contribution in [2.75, 3.05) is 10.6 Å². The van der Waals surface area contributed by atoms with E-state index < -0.39 is 5.56 Å². The SMILES string of the molecule is CSN(Cc1cc(Br)cn(O)c1=O)c1ccc(Oc2ccc(C)cc2)cc1. The number of aromatic nitrogens is 1. The molecule has 5 nitrogen and oxygen atoms in total. The largest absolute Gasteiger partial charge is 0.457 e. The summed E-state index contributed by atoms with van der Waals surface area (Å²) in [4.78, 5) is 12.1. The molecule has 0 saturated carbocycles. The van der Waals surface area contributed by atoms with E-state index in [2.05, 4.69) is 15.9 Å². The Hall–Kier alpha value is -2.38. The number of pyridine rings is 1. The summed E-state index contributed by atoms with van der Waals surface area (Å²) in [5, 5.41) is 9.66. The topological polar surface area (TPSA) is 54.7 Å². The molecule has 1 N–H and O–H groups in total. The van der Waals surface area contributed by atoms with Crippen LogP contribution in [-0.4, -0.2) is 16.2 Å². The highest BCUT2D eigenvalue weighted by molar-refractivity contribution is 9.10. The highest BCUT2D eigenvalue weighted by atomic mass is 79.9. The minimum absolute atomic E-state index is 0.359. The fourth-order valence-corrected chi connectivity index (χ4v) is 3.61. The molecule has 0 aliphatic carbocycles. The number of hydrogen-bond donors (Lipinski definition) is 1. The number of halogens is 1. The molecule has 0 saturated heterocycles. The third kappa shape index (κ3) is 4.87. The number of aryl methyl sites for hydroxylation is 1. The molecule has 0 spiro atoms. The van der Waals surface area contributed by atoms with E-state index in [0.29, 0.717) is 21.3 Å². The van der Waals surface area contributed by atoms with Crippen LogP contribution in [0.2, 0.25) is 0 Å². The first-order valence-electron chi connectivity index (χ1n) is 8.23. The van der Waals surface area contributed by atoms with Crippen molar-refractivity contribution in [2.24, 2.45) is 0 Å². The van der Waals surface area contributed by atoms with Gasteiger partial charge in [-0.15, -0.1) is 0 Å². The number of anilines is 1. The van der Waals surface area contributed by atoms with E-state index in [1.807, 2.05) is 66.0 Å². The third-order valence-corrected chi connectivity index (χ3v) is 5.17. The van der Waals surface area contributed by atoms with Gasteiger partial charge in [0.05, 0.1) is 12.7 Å². The van der Waals surface area contributed by atoms with Gasteiger partial charge in [-0.05, 0) is 65.3 Å². The highest BCUT2D eigenvalue weighted by Crippen LogP contribution is 2.28. The van der Waals surface area contributed by atoms with Gasteiger partial charge in [-0.2, -0.15) is 4.73 Å². The summed E-state index contributed by atoms with van der Waals surface area (Å²) >= 11 is 4.80. The molecule has 3 aromatic rings. The van der Waals surface area contributed by atoms with Crippen LogP contribution in [0.5, 0.6) is 11.5 Å². The summed E-state index contributed by atoms with van der Waals surface area (Å²) in [6.45, 7) is 2.39. The predicted molar refractivity (Wildman–Crippen MR) is 113 cm³/mol.